The van der Waals surface area contributed by atoms with Crippen LogP contribution in [0.25, 0.3) is 0 Å². The van der Waals surface area contributed by atoms with E-state index in [9.17, 15) is 18.4 Å². The van der Waals surface area contributed by atoms with Gasteiger partial charge in [-0.1, -0.05) is 13.3 Å². The number of nitrogens with zero attached hydrogens (tertiary/aromatic N) is 4. The van der Waals surface area contributed by atoms with Gasteiger partial charge >= 0.3 is 6.18 Å². The fourth-order valence-electron chi connectivity index (χ4n) is 3.15. The Bertz CT molecular complexity index is 631. The first-order valence-corrected chi connectivity index (χ1v) is 7.96. The van der Waals surface area contributed by atoms with Gasteiger partial charge in [0.15, 0.2) is 0 Å². The van der Waals surface area contributed by atoms with Gasteiger partial charge in [-0.3, -0.25) is 0 Å². The molecule has 1 unspecified atom stereocenters. The van der Waals surface area contributed by atoms with E-state index in [1.54, 1.807) is 11.0 Å². The van der Waals surface area contributed by atoms with Gasteiger partial charge in [0, 0.05) is 26.2 Å². The lowest BCUT2D eigenvalue weighted by Crippen LogP contribution is -2.39. The molecule has 0 spiro atoms. The van der Waals surface area contributed by atoms with Crippen LogP contribution in [0.3, 0.4) is 0 Å². The number of nitriles is 1. The number of anilines is 2. The van der Waals surface area contributed by atoms with Gasteiger partial charge in [-0.2, -0.15) is 18.4 Å². The molecule has 4 nitrogen and oxygen atoms in total. The third-order valence-corrected chi connectivity index (χ3v) is 4.75. The lowest BCUT2D eigenvalue weighted by atomic mass is 10.1. The highest BCUT2D eigenvalue weighted by atomic mass is 19.4. The molecular formula is C16H19F3N4. The Morgan fingerprint density at radius 3 is 2.52 bits per heavy atom. The molecule has 0 aliphatic carbocycles. The molecule has 23 heavy (non-hydrogen) atoms. The fraction of sp³-hybridized carbons (Fsp3) is 0.625. The molecule has 0 radical (unpaired) electrons. The first kappa shape index (κ1) is 15.9. The predicted molar refractivity (Wildman–Crippen MR) is 81.4 cm³/mol. The molecule has 1 atom stereocenters. The summed E-state index contributed by atoms with van der Waals surface area (Å²) < 4.78 is 40.2. The number of hydrogen-bond acceptors (Lipinski definition) is 4. The van der Waals surface area contributed by atoms with E-state index in [4.69, 9.17) is 0 Å². The van der Waals surface area contributed by atoms with Gasteiger partial charge in [0.25, 0.3) is 0 Å². The molecule has 2 aliphatic heterocycles. The van der Waals surface area contributed by atoms with E-state index < -0.39 is 11.7 Å². The predicted octanol–water partition coefficient (Wildman–Crippen LogP) is 3.42. The third kappa shape index (κ3) is 2.94. The van der Waals surface area contributed by atoms with E-state index in [1.165, 1.54) is 0 Å². The summed E-state index contributed by atoms with van der Waals surface area (Å²) in [5.41, 5.74) is -1.22. The van der Waals surface area contributed by atoms with Gasteiger partial charge < -0.3 is 9.80 Å². The molecule has 0 bridgehead atoms. The Balaban J connectivity index is 2.05. The summed E-state index contributed by atoms with van der Waals surface area (Å²) in [6.45, 7) is 4.84. The number of pyridine rings is 1. The molecule has 0 saturated carbocycles. The van der Waals surface area contributed by atoms with Gasteiger partial charge in [-0.05, 0) is 24.8 Å². The third-order valence-electron chi connectivity index (χ3n) is 4.75. The maximum atomic E-state index is 13.4. The summed E-state index contributed by atoms with van der Waals surface area (Å²) in [5.74, 6) is 1.02. The second kappa shape index (κ2) is 5.91. The topological polar surface area (TPSA) is 43.2 Å². The summed E-state index contributed by atoms with van der Waals surface area (Å²) in [6, 6.07) is 2.76. The van der Waals surface area contributed by atoms with Crippen LogP contribution >= 0.6 is 0 Å². The monoisotopic (exact) mass is 324 g/mol. The van der Waals surface area contributed by atoms with E-state index in [0.717, 1.165) is 31.9 Å². The summed E-state index contributed by atoms with van der Waals surface area (Å²) in [4.78, 5) is 8.08. The zero-order chi connectivity index (χ0) is 16.6. The zero-order valence-corrected chi connectivity index (χ0v) is 13.0. The van der Waals surface area contributed by atoms with E-state index >= 15 is 0 Å². The summed E-state index contributed by atoms with van der Waals surface area (Å²) in [6.07, 6.45) is -1.65. The summed E-state index contributed by atoms with van der Waals surface area (Å²) in [5, 5.41) is 9.24. The zero-order valence-electron chi connectivity index (χ0n) is 13.0. The quantitative estimate of drug-likeness (QED) is 0.854. The highest BCUT2D eigenvalue weighted by molar-refractivity contribution is 5.64. The number of rotatable bonds is 3. The van der Waals surface area contributed by atoms with E-state index in [0.29, 0.717) is 31.4 Å². The van der Waals surface area contributed by atoms with Crippen molar-refractivity contribution in [2.24, 2.45) is 5.92 Å². The first-order chi connectivity index (χ1) is 10.9. The van der Waals surface area contributed by atoms with Crippen molar-refractivity contribution in [2.75, 3.05) is 36.0 Å². The van der Waals surface area contributed by atoms with Gasteiger partial charge in [-0.25, -0.2) is 4.98 Å². The average Bonchev–Trinajstić information content (AvgIpc) is 2.92. The number of alkyl halides is 3. The van der Waals surface area contributed by atoms with Crippen LogP contribution in [0.15, 0.2) is 6.07 Å². The average molecular weight is 324 g/mol. The van der Waals surface area contributed by atoms with Gasteiger partial charge in [0.05, 0.1) is 5.56 Å². The maximum absolute atomic E-state index is 13.4. The van der Waals surface area contributed by atoms with Crippen LogP contribution in [0.5, 0.6) is 0 Å². The molecule has 0 aromatic carbocycles. The van der Waals surface area contributed by atoms with Crippen LogP contribution in [0.4, 0.5) is 24.8 Å². The molecule has 3 rings (SSSR count). The van der Waals surface area contributed by atoms with Gasteiger partial charge in [0.1, 0.15) is 23.3 Å². The standard InChI is InChI=1S/C16H19F3N4/c1-2-11-4-7-23(10-11)14-8-13(16(17,18)19)12(9-20)15(21-14)22-5-3-6-22/h8,11H,2-7,10H2,1H3. The maximum Gasteiger partial charge on any atom is 0.417 e. The van der Waals surface area contributed by atoms with Crippen LogP contribution < -0.4 is 9.80 Å². The number of hydrogen-bond donors (Lipinski definition) is 0. The number of halogens is 3. The molecule has 2 saturated heterocycles. The highest BCUT2D eigenvalue weighted by Crippen LogP contribution is 2.39. The Labute approximate surface area is 133 Å². The Kier molecular flexibility index (Phi) is 4.09. The van der Waals surface area contributed by atoms with Crippen molar-refractivity contribution < 1.29 is 13.2 Å². The second-order valence-electron chi connectivity index (χ2n) is 6.19. The first-order valence-electron chi connectivity index (χ1n) is 7.96. The van der Waals surface area contributed by atoms with E-state index in [1.807, 2.05) is 4.90 Å². The van der Waals surface area contributed by atoms with Crippen molar-refractivity contribution >= 4 is 11.6 Å². The van der Waals surface area contributed by atoms with Crippen LogP contribution in [0.2, 0.25) is 0 Å². The van der Waals surface area contributed by atoms with Crippen molar-refractivity contribution in [1.82, 2.24) is 4.98 Å². The minimum Gasteiger partial charge on any atom is -0.356 e. The molecule has 1 aromatic rings. The molecule has 2 aliphatic rings. The van der Waals surface area contributed by atoms with Gasteiger partial charge in [-0.15, -0.1) is 0 Å². The normalized spacial score (nSPS) is 21.3. The van der Waals surface area contributed by atoms with E-state index in [2.05, 4.69) is 11.9 Å². The van der Waals surface area contributed by atoms with Crippen molar-refractivity contribution in [3.63, 3.8) is 0 Å². The fourth-order valence-corrected chi connectivity index (χ4v) is 3.15. The number of aromatic nitrogens is 1. The summed E-state index contributed by atoms with van der Waals surface area (Å²) >= 11 is 0. The largest absolute Gasteiger partial charge is 0.417 e. The van der Waals surface area contributed by atoms with Crippen molar-refractivity contribution in [3.05, 3.63) is 17.2 Å². The SMILES string of the molecule is CCC1CCN(c2cc(C(F)(F)F)c(C#N)c(N3CCC3)n2)C1. The molecular weight excluding hydrogens is 305 g/mol. The molecule has 0 N–H and O–H groups in total. The molecule has 7 heteroatoms. The van der Waals surface area contributed by atoms with E-state index in [-0.39, 0.29) is 11.4 Å². The van der Waals surface area contributed by atoms with Crippen LogP contribution in [0, 0.1) is 17.2 Å². The van der Waals surface area contributed by atoms with Gasteiger partial charge in [0.2, 0.25) is 0 Å². The van der Waals surface area contributed by atoms with Crippen molar-refractivity contribution in [2.45, 2.75) is 32.4 Å². The van der Waals surface area contributed by atoms with Crippen LogP contribution in [-0.4, -0.2) is 31.2 Å². The van der Waals surface area contributed by atoms with Crippen molar-refractivity contribution in [3.8, 4) is 6.07 Å². The Hall–Kier alpha value is -1.97. The second-order valence-corrected chi connectivity index (χ2v) is 6.19. The lowest BCUT2D eigenvalue weighted by molar-refractivity contribution is -0.137. The highest BCUT2D eigenvalue weighted by Gasteiger charge is 2.38. The molecule has 0 amide bonds. The lowest BCUT2D eigenvalue weighted by Gasteiger charge is -2.34. The van der Waals surface area contributed by atoms with Crippen LogP contribution in [0.1, 0.15) is 37.3 Å². The summed E-state index contributed by atoms with van der Waals surface area (Å²) in [7, 11) is 0. The minimum atomic E-state index is -4.55. The minimum absolute atomic E-state index is 0.184. The molecule has 3 heterocycles. The molecule has 124 valence electrons. The Morgan fingerprint density at radius 1 is 1.30 bits per heavy atom. The van der Waals surface area contributed by atoms with Crippen molar-refractivity contribution in [1.29, 1.82) is 5.26 Å². The molecule has 2 fully saturated rings. The smallest absolute Gasteiger partial charge is 0.356 e. The van der Waals surface area contributed by atoms with Crippen LogP contribution in [-0.2, 0) is 6.18 Å². The molecule has 1 aromatic heterocycles. The Morgan fingerprint density at radius 2 is 2.04 bits per heavy atom.